The van der Waals surface area contributed by atoms with Crippen molar-refractivity contribution < 1.29 is 14.3 Å². The van der Waals surface area contributed by atoms with Crippen LogP contribution in [-0.4, -0.2) is 25.1 Å². The summed E-state index contributed by atoms with van der Waals surface area (Å²) < 4.78 is 10.5. The van der Waals surface area contributed by atoms with E-state index in [4.69, 9.17) is 9.47 Å². The minimum absolute atomic E-state index is 0.0925. The first-order valence-electron chi connectivity index (χ1n) is 7.69. The lowest BCUT2D eigenvalue weighted by molar-refractivity contribution is -0.115. The van der Waals surface area contributed by atoms with Gasteiger partial charge < -0.3 is 19.8 Å². The van der Waals surface area contributed by atoms with Crippen LogP contribution in [0.1, 0.15) is 11.3 Å². The van der Waals surface area contributed by atoms with Gasteiger partial charge in [0.2, 0.25) is 5.91 Å². The smallest absolute Gasteiger partial charge is 0.228 e. The van der Waals surface area contributed by atoms with Crippen molar-refractivity contribution >= 4 is 22.5 Å². The second kappa shape index (κ2) is 6.66. The van der Waals surface area contributed by atoms with E-state index in [1.807, 2.05) is 25.1 Å². The van der Waals surface area contributed by atoms with Crippen LogP contribution < -0.4 is 14.8 Å². The van der Waals surface area contributed by atoms with Gasteiger partial charge in [0.1, 0.15) is 11.5 Å². The normalized spacial score (nSPS) is 10.6. The van der Waals surface area contributed by atoms with E-state index >= 15 is 0 Å². The highest BCUT2D eigenvalue weighted by Gasteiger charge is 2.10. The number of benzene rings is 2. The lowest BCUT2D eigenvalue weighted by atomic mass is 10.1. The van der Waals surface area contributed by atoms with Crippen molar-refractivity contribution in [3.63, 3.8) is 0 Å². The number of aromatic nitrogens is 1. The van der Waals surface area contributed by atoms with E-state index in [-0.39, 0.29) is 5.91 Å². The van der Waals surface area contributed by atoms with E-state index in [1.54, 1.807) is 32.4 Å². The molecule has 0 spiro atoms. The van der Waals surface area contributed by atoms with E-state index < -0.39 is 0 Å². The number of aryl methyl sites for hydroxylation is 1. The van der Waals surface area contributed by atoms with E-state index in [9.17, 15) is 4.79 Å². The summed E-state index contributed by atoms with van der Waals surface area (Å²) in [7, 11) is 3.15. The molecule has 24 heavy (non-hydrogen) atoms. The molecule has 0 saturated heterocycles. The average molecular weight is 324 g/mol. The summed E-state index contributed by atoms with van der Waals surface area (Å²) in [5.41, 5.74) is 3.77. The van der Waals surface area contributed by atoms with Gasteiger partial charge in [0.05, 0.1) is 26.3 Å². The lowest BCUT2D eigenvalue weighted by Crippen LogP contribution is -2.15. The number of ether oxygens (including phenoxy) is 2. The zero-order valence-corrected chi connectivity index (χ0v) is 14.0. The predicted molar refractivity (Wildman–Crippen MR) is 94.9 cm³/mol. The number of aromatic amines is 1. The van der Waals surface area contributed by atoms with Crippen molar-refractivity contribution in [2.24, 2.45) is 0 Å². The maximum absolute atomic E-state index is 12.3. The molecule has 0 unspecified atom stereocenters. The molecular formula is C19H20N2O3. The summed E-state index contributed by atoms with van der Waals surface area (Å²) in [5.74, 6) is 1.16. The fourth-order valence-electron chi connectivity index (χ4n) is 2.72. The van der Waals surface area contributed by atoms with Crippen molar-refractivity contribution in [3.8, 4) is 11.5 Å². The number of rotatable bonds is 5. The Kier molecular flexibility index (Phi) is 4.42. The van der Waals surface area contributed by atoms with Crippen LogP contribution in [0.15, 0.2) is 42.5 Å². The van der Waals surface area contributed by atoms with Gasteiger partial charge >= 0.3 is 0 Å². The summed E-state index contributed by atoms with van der Waals surface area (Å²) in [4.78, 5) is 15.6. The van der Waals surface area contributed by atoms with Gasteiger partial charge in [-0.1, -0.05) is 6.07 Å². The van der Waals surface area contributed by atoms with Crippen LogP contribution in [-0.2, 0) is 11.2 Å². The number of anilines is 1. The minimum Gasteiger partial charge on any atom is -0.497 e. The highest BCUT2D eigenvalue weighted by molar-refractivity contribution is 5.94. The maximum atomic E-state index is 12.3. The molecule has 0 bridgehead atoms. The molecule has 0 aliphatic heterocycles. The summed E-state index contributed by atoms with van der Waals surface area (Å²) in [5, 5.41) is 4.00. The molecule has 5 nitrogen and oxygen atoms in total. The Morgan fingerprint density at radius 3 is 2.67 bits per heavy atom. The SMILES string of the molecule is COc1ccc(NC(=O)Cc2ccc3[nH]c(C)cc3c2)c(OC)c1. The summed E-state index contributed by atoms with van der Waals surface area (Å²) >= 11 is 0. The van der Waals surface area contributed by atoms with Gasteiger partial charge in [-0.3, -0.25) is 4.79 Å². The number of nitrogens with one attached hydrogen (secondary N) is 2. The standard InChI is InChI=1S/C19H20N2O3/c1-12-8-14-9-13(4-6-16(14)20-12)10-19(22)21-17-7-5-15(23-2)11-18(17)24-3/h4-9,11,20H,10H2,1-3H3,(H,21,22). The molecule has 124 valence electrons. The first kappa shape index (κ1) is 15.9. The van der Waals surface area contributed by atoms with Crippen LogP contribution in [0.3, 0.4) is 0 Å². The van der Waals surface area contributed by atoms with Crippen LogP contribution >= 0.6 is 0 Å². The number of hydrogen-bond donors (Lipinski definition) is 2. The van der Waals surface area contributed by atoms with Crippen molar-refractivity contribution in [2.75, 3.05) is 19.5 Å². The molecule has 0 fully saturated rings. The molecule has 5 heteroatoms. The second-order valence-corrected chi connectivity index (χ2v) is 5.67. The molecule has 0 saturated carbocycles. The molecule has 2 N–H and O–H groups in total. The summed E-state index contributed by atoms with van der Waals surface area (Å²) in [6, 6.07) is 13.4. The van der Waals surface area contributed by atoms with Gasteiger partial charge in [0.25, 0.3) is 0 Å². The molecule has 1 amide bonds. The largest absolute Gasteiger partial charge is 0.497 e. The fraction of sp³-hybridized carbons (Fsp3) is 0.211. The number of methoxy groups -OCH3 is 2. The Balaban J connectivity index is 1.74. The summed E-state index contributed by atoms with van der Waals surface area (Å²) in [6.45, 7) is 2.02. The average Bonchev–Trinajstić information content (AvgIpc) is 2.94. The highest BCUT2D eigenvalue weighted by Crippen LogP contribution is 2.29. The third-order valence-corrected chi connectivity index (χ3v) is 3.87. The molecule has 0 atom stereocenters. The van der Waals surface area contributed by atoms with Gasteiger partial charge in [-0.15, -0.1) is 0 Å². The molecule has 3 aromatic rings. The van der Waals surface area contributed by atoms with Gasteiger partial charge in [0.15, 0.2) is 0 Å². The van der Waals surface area contributed by atoms with Crippen LogP contribution in [0.5, 0.6) is 11.5 Å². The van der Waals surface area contributed by atoms with E-state index in [2.05, 4.69) is 16.4 Å². The van der Waals surface area contributed by atoms with E-state index in [0.717, 1.165) is 22.2 Å². The van der Waals surface area contributed by atoms with Crippen molar-refractivity contribution in [1.29, 1.82) is 0 Å². The second-order valence-electron chi connectivity index (χ2n) is 5.67. The summed E-state index contributed by atoms with van der Waals surface area (Å²) in [6.07, 6.45) is 0.301. The predicted octanol–water partition coefficient (Wildman–Crippen LogP) is 3.67. The Morgan fingerprint density at radius 2 is 1.92 bits per heavy atom. The Morgan fingerprint density at radius 1 is 1.08 bits per heavy atom. The zero-order valence-electron chi connectivity index (χ0n) is 14.0. The Hall–Kier alpha value is -2.95. The quantitative estimate of drug-likeness (QED) is 0.752. The van der Waals surface area contributed by atoms with Crippen LogP contribution in [0.25, 0.3) is 10.9 Å². The molecule has 1 heterocycles. The first-order valence-corrected chi connectivity index (χ1v) is 7.69. The van der Waals surface area contributed by atoms with Crippen molar-refractivity contribution in [2.45, 2.75) is 13.3 Å². The topological polar surface area (TPSA) is 63.3 Å². The van der Waals surface area contributed by atoms with Gasteiger partial charge in [-0.2, -0.15) is 0 Å². The number of carbonyl (C=O) groups is 1. The van der Waals surface area contributed by atoms with Gasteiger partial charge in [0, 0.05) is 17.3 Å². The maximum Gasteiger partial charge on any atom is 0.228 e. The van der Waals surface area contributed by atoms with E-state index in [1.165, 1.54) is 0 Å². The first-order chi connectivity index (χ1) is 11.6. The number of carbonyl (C=O) groups excluding carboxylic acids is 1. The zero-order chi connectivity index (χ0) is 17.1. The molecule has 0 aliphatic rings. The monoisotopic (exact) mass is 324 g/mol. The molecule has 0 aliphatic carbocycles. The number of H-pyrrole nitrogens is 1. The number of hydrogen-bond acceptors (Lipinski definition) is 3. The fourth-order valence-corrected chi connectivity index (χ4v) is 2.72. The minimum atomic E-state index is -0.0925. The third kappa shape index (κ3) is 3.35. The van der Waals surface area contributed by atoms with Crippen molar-refractivity contribution in [1.82, 2.24) is 4.98 Å². The number of amides is 1. The Bertz CT molecular complexity index is 883. The molecule has 1 aromatic heterocycles. The molecule has 0 radical (unpaired) electrons. The molecule has 3 rings (SSSR count). The van der Waals surface area contributed by atoms with E-state index in [0.29, 0.717) is 23.6 Å². The van der Waals surface area contributed by atoms with Crippen LogP contribution in [0.4, 0.5) is 5.69 Å². The van der Waals surface area contributed by atoms with Crippen LogP contribution in [0.2, 0.25) is 0 Å². The van der Waals surface area contributed by atoms with Gasteiger partial charge in [-0.25, -0.2) is 0 Å². The molecule has 2 aromatic carbocycles. The highest BCUT2D eigenvalue weighted by atomic mass is 16.5. The third-order valence-electron chi connectivity index (χ3n) is 3.87. The van der Waals surface area contributed by atoms with Gasteiger partial charge in [-0.05, 0) is 48.2 Å². The number of fused-ring (bicyclic) bond motifs is 1. The lowest BCUT2D eigenvalue weighted by Gasteiger charge is -2.11. The van der Waals surface area contributed by atoms with Crippen LogP contribution in [0, 0.1) is 6.92 Å². The van der Waals surface area contributed by atoms with Crippen molar-refractivity contribution in [3.05, 3.63) is 53.7 Å². The molecular weight excluding hydrogens is 304 g/mol. The Labute approximate surface area is 140 Å².